The van der Waals surface area contributed by atoms with E-state index in [1.807, 2.05) is 152 Å². The number of aliphatic hydroxyl groups is 2. The average molecular weight is 663 g/mol. The fourth-order valence-electron chi connectivity index (χ4n) is 6.54. The summed E-state index contributed by atoms with van der Waals surface area (Å²) >= 11 is 0. The Balaban J connectivity index is 1.72. The summed E-state index contributed by atoms with van der Waals surface area (Å²) in [5.74, 6) is -1.49. The Morgan fingerprint density at radius 1 is 0.469 bits per heavy atom. The monoisotopic (exact) mass is 662 g/mol. The molecule has 4 N–H and O–H groups in total. The number of carbonyl (C=O) groups is 2. The van der Waals surface area contributed by atoms with Crippen molar-refractivity contribution >= 4 is 11.8 Å². The van der Waals surface area contributed by atoms with Gasteiger partial charge < -0.3 is 20.8 Å². The molecule has 4 aromatic carbocycles. The van der Waals surface area contributed by atoms with Crippen LogP contribution in [-0.4, -0.2) is 34.1 Å². The number of hydrogen-bond acceptors (Lipinski definition) is 4. The predicted molar refractivity (Wildman–Crippen MR) is 198 cm³/mol. The standard InChI is InChI=1S/C43H54N2O4/c1-27(2)37(42(48,33-19-11-29(5)12-20-33)34-21-13-30(6)14-22-34)44-39(46)41(9,10)40(47)45-38(28(3)4)43(49,35-23-15-31(7)16-24-35)36-25-17-32(8)18-26-36/h11-28,37-38,48-49H,1-10H3,(H,44,46)(H,45,47)/t37-,38-/m0/s1. The summed E-state index contributed by atoms with van der Waals surface area (Å²) in [4.78, 5) is 28.6. The van der Waals surface area contributed by atoms with Gasteiger partial charge in [0, 0.05) is 0 Å². The van der Waals surface area contributed by atoms with Gasteiger partial charge in [0.15, 0.2) is 0 Å². The second kappa shape index (κ2) is 14.7. The van der Waals surface area contributed by atoms with E-state index in [-0.39, 0.29) is 11.8 Å². The lowest BCUT2D eigenvalue weighted by Crippen LogP contribution is -2.61. The normalized spacial score (nSPS) is 13.7. The van der Waals surface area contributed by atoms with Gasteiger partial charge in [-0.2, -0.15) is 0 Å². The first-order chi connectivity index (χ1) is 22.9. The number of amides is 2. The topological polar surface area (TPSA) is 98.7 Å². The van der Waals surface area contributed by atoms with E-state index < -0.39 is 40.5 Å². The largest absolute Gasteiger partial charge is 0.378 e. The van der Waals surface area contributed by atoms with E-state index >= 15 is 0 Å². The third-order valence-electron chi connectivity index (χ3n) is 9.91. The van der Waals surface area contributed by atoms with Gasteiger partial charge in [0.2, 0.25) is 11.8 Å². The SMILES string of the molecule is Cc1ccc(C(O)(c2ccc(C)cc2)[C@@H](NC(=O)C(C)(C)C(=O)N[C@@H](C(C)C)C(O)(c2ccc(C)cc2)c2ccc(C)cc2)C(C)C)cc1. The molecule has 0 unspecified atom stereocenters. The minimum absolute atomic E-state index is 0.216. The maximum absolute atomic E-state index is 14.3. The number of carbonyl (C=O) groups excluding carboxylic acids is 2. The molecule has 0 aliphatic heterocycles. The second-order valence-corrected chi connectivity index (χ2v) is 15.0. The number of benzene rings is 4. The highest BCUT2D eigenvalue weighted by Gasteiger charge is 2.49. The summed E-state index contributed by atoms with van der Waals surface area (Å²) in [7, 11) is 0. The van der Waals surface area contributed by atoms with Crippen LogP contribution in [0.1, 0.15) is 86.1 Å². The molecule has 0 aliphatic carbocycles. The van der Waals surface area contributed by atoms with Gasteiger partial charge in [0.1, 0.15) is 16.6 Å². The average Bonchev–Trinajstić information content (AvgIpc) is 3.06. The Hall–Kier alpha value is -4.26. The number of aryl methyl sites for hydroxylation is 4. The van der Waals surface area contributed by atoms with Crippen LogP contribution in [-0.2, 0) is 20.8 Å². The van der Waals surface area contributed by atoms with E-state index in [0.29, 0.717) is 22.3 Å². The van der Waals surface area contributed by atoms with Gasteiger partial charge in [-0.15, -0.1) is 0 Å². The molecule has 2 amide bonds. The van der Waals surface area contributed by atoms with E-state index in [4.69, 9.17) is 0 Å². The van der Waals surface area contributed by atoms with Crippen LogP contribution in [0, 0.1) is 44.9 Å². The van der Waals surface area contributed by atoms with Crippen LogP contribution >= 0.6 is 0 Å². The van der Waals surface area contributed by atoms with Crippen molar-refractivity contribution in [3.05, 3.63) is 142 Å². The quantitative estimate of drug-likeness (QED) is 0.119. The van der Waals surface area contributed by atoms with Crippen LogP contribution in [0.25, 0.3) is 0 Å². The van der Waals surface area contributed by atoms with E-state index in [1.54, 1.807) is 13.8 Å². The molecule has 2 atom stereocenters. The summed E-state index contributed by atoms with van der Waals surface area (Å²) in [6.07, 6.45) is 0. The summed E-state index contributed by atoms with van der Waals surface area (Å²) in [6.45, 7) is 18.9. The molecule has 0 aliphatic rings. The Morgan fingerprint density at radius 3 is 0.857 bits per heavy atom. The minimum Gasteiger partial charge on any atom is -0.378 e. The highest BCUT2D eigenvalue weighted by molar-refractivity contribution is 6.04. The van der Waals surface area contributed by atoms with Crippen LogP contribution in [0.5, 0.6) is 0 Å². The van der Waals surface area contributed by atoms with Crippen LogP contribution < -0.4 is 10.6 Å². The molecule has 0 fully saturated rings. The van der Waals surface area contributed by atoms with E-state index in [0.717, 1.165) is 22.3 Å². The lowest BCUT2D eigenvalue weighted by Gasteiger charge is -2.43. The lowest BCUT2D eigenvalue weighted by molar-refractivity contribution is -0.145. The molecular weight excluding hydrogens is 608 g/mol. The molecule has 6 heteroatoms. The zero-order valence-electron chi connectivity index (χ0n) is 30.8. The van der Waals surface area contributed by atoms with Crippen molar-refractivity contribution in [2.45, 2.75) is 92.5 Å². The third-order valence-corrected chi connectivity index (χ3v) is 9.91. The third kappa shape index (κ3) is 7.66. The van der Waals surface area contributed by atoms with Gasteiger partial charge >= 0.3 is 0 Å². The number of rotatable bonds is 12. The maximum atomic E-state index is 14.3. The second-order valence-electron chi connectivity index (χ2n) is 15.0. The summed E-state index contributed by atoms with van der Waals surface area (Å²) in [6, 6.07) is 29.1. The Morgan fingerprint density at radius 2 is 0.673 bits per heavy atom. The predicted octanol–water partition coefficient (Wildman–Crippen LogP) is 7.40. The van der Waals surface area contributed by atoms with Gasteiger partial charge in [-0.05, 0) is 75.6 Å². The Bertz CT molecular complexity index is 1500. The van der Waals surface area contributed by atoms with Gasteiger partial charge in [-0.25, -0.2) is 0 Å². The summed E-state index contributed by atoms with van der Waals surface area (Å²) < 4.78 is 0. The zero-order chi connectivity index (χ0) is 36.3. The van der Waals surface area contributed by atoms with Crippen LogP contribution in [0.3, 0.4) is 0 Å². The molecule has 0 saturated heterocycles. The lowest BCUT2D eigenvalue weighted by atomic mass is 9.74. The van der Waals surface area contributed by atoms with Crippen molar-refractivity contribution < 1.29 is 19.8 Å². The molecule has 0 spiro atoms. The highest BCUT2D eigenvalue weighted by atomic mass is 16.3. The fourth-order valence-corrected chi connectivity index (χ4v) is 6.54. The molecule has 0 radical (unpaired) electrons. The smallest absolute Gasteiger partial charge is 0.235 e. The van der Waals surface area contributed by atoms with Gasteiger partial charge in [0.05, 0.1) is 12.1 Å². The molecule has 6 nitrogen and oxygen atoms in total. The van der Waals surface area contributed by atoms with Gasteiger partial charge in [0.25, 0.3) is 0 Å². The minimum atomic E-state index is -1.59. The van der Waals surface area contributed by atoms with Gasteiger partial charge in [-0.1, -0.05) is 147 Å². The van der Waals surface area contributed by atoms with E-state index in [1.165, 1.54) is 0 Å². The van der Waals surface area contributed by atoms with Crippen molar-refractivity contribution in [3.8, 4) is 0 Å². The van der Waals surface area contributed by atoms with Crippen molar-refractivity contribution in [1.82, 2.24) is 10.6 Å². The van der Waals surface area contributed by atoms with Gasteiger partial charge in [-0.3, -0.25) is 9.59 Å². The molecule has 0 heterocycles. The van der Waals surface area contributed by atoms with Crippen LogP contribution in [0.2, 0.25) is 0 Å². The number of nitrogens with one attached hydrogen (secondary N) is 2. The molecule has 0 saturated carbocycles. The van der Waals surface area contributed by atoms with E-state index in [2.05, 4.69) is 10.6 Å². The summed E-state index contributed by atoms with van der Waals surface area (Å²) in [5, 5.41) is 31.6. The zero-order valence-corrected chi connectivity index (χ0v) is 30.8. The van der Waals surface area contributed by atoms with Crippen molar-refractivity contribution in [2.75, 3.05) is 0 Å². The molecule has 4 aromatic rings. The summed E-state index contributed by atoms with van der Waals surface area (Å²) in [5.41, 5.74) is 2.03. The Labute approximate surface area is 293 Å². The van der Waals surface area contributed by atoms with Crippen molar-refractivity contribution in [3.63, 3.8) is 0 Å². The molecule has 4 rings (SSSR count). The molecule has 260 valence electrons. The first kappa shape index (κ1) is 37.6. The van der Waals surface area contributed by atoms with Crippen molar-refractivity contribution in [2.24, 2.45) is 17.3 Å². The Kier molecular flexibility index (Phi) is 11.3. The van der Waals surface area contributed by atoms with Crippen molar-refractivity contribution in [1.29, 1.82) is 0 Å². The van der Waals surface area contributed by atoms with Crippen LogP contribution in [0.4, 0.5) is 0 Å². The first-order valence-electron chi connectivity index (χ1n) is 17.3. The molecule has 0 bridgehead atoms. The highest BCUT2D eigenvalue weighted by Crippen LogP contribution is 2.39. The molecular formula is C43H54N2O4. The first-order valence-corrected chi connectivity index (χ1v) is 17.3. The molecule has 49 heavy (non-hydrogen) atoms. The fraction of sp³-hybridized carbons (Fsp3) is 0.395. The molecule has 0 aromatic heterocycles. The van der Waals surface area contributed by atoms with Crippen LogP contribution in [0.15, 0.2) is 97.1 Å². The maximum Gasteiger partial charge on any atom is 0.235 e. The number of hydrogen-bond donors (Lipinski definition) is 4. The van der Waals surface area contributed by atoms with E-state index in [9.17, 15) is 19.8 Å².